The van der Waals surface area contributed by atoms with Crippen molar-refractivity contribution in [2.75, 3.05) is 0 Å². The molecule has 0 aromatic rings. The van der Waals surface area contributed by atoms with Gasteiger partial charge in [0, 0.05) is 18.8 Å². The first-order chi connectivity index (χ1) is 11.6. The molecule has 0 unspecified atom stereocenters. The standard InChI is InChI=1S/C20H32O4/c1-2-3-6-9-15(21)12-13-17-16-10-7-4-5-8-11-20(23)24-19(17)14-18(16)22/h4,7,12-13,15-19,21-22H,2-3,5-6,8-11,14H2,1H3/b7-4-,13-12+/t15-,16-,17+,18-,19+/m0/s1. The van der Waals surface area contributed by atoms with Gasteiger partial charge in [0.15, 0.2) is 0 Å². The van der Waals surface area contributed by atoms with E-state index in [0.29, 0.717) is 12.8 Å². The number of unbranched alkanes of at least 4 members (excludes halogenated alkanes) is 2. The van der Waals surface area contributed by atoms with Crippen molar-refractivity contribution < 1.29 is 19.7 Å². The molecule has 2 aliphatic rings. The number of fused-ring (bicyclic) bond motifs is 2. The lowest BCUT2D eigenvalue weighted by Gasteiger charge is -2.22. The highest BCUT2D eigenvalue weighted by molar-refractivity contribution is 5.69. The lowest BCUT2D eigenvalue weighted by Crippen LogP contribution is -2.24. The molecule has 0 amide bonds. The Labute approximate surface area is 145 Å². The zero-order chi connectivity index (χ0) is 17.4. The van der Waals surface area contributed by atoms with Crippen LogP contribution in [-0.2, 0) is 9.53 Å². The summed E-state index contributed by atoms with van der Waals surface area (Å²) in [6.45, 7) is 2.14. The van der Waals surface area contributed by atoms with Gasteiger partial charge in [-0.3, -0.25) is 4.79 Å². The number of hydrogen-bond donors (Lipinski definition) is 2. The third kappa shape index (κ3) is 5.75. The summed E-state index contributed by atoms with van der Waals surface area (Å²) in [5.41, 5.74) is 0. The summed E-state index contributed by atoms with van der Waals surface area (Å²) in [6.07, 6.45) is 14.2. The molecular weight excluding hydrogens is 304 g/mol. The number of aliphatic hydroxyl groups is 2. The minimum absolute atomic E-state index is 0.0208. The molecule has 1 aliphatic carbocycles. The first-order valence-electron chi connectivity index (χ1n) is 9.50. The Kier molecular flexibility index (Phi) is 8.00. The Bertz CT molecular complexity index is 443. The monoisotopic (exact) mass is 336 g/mol. The molecule has 1 heterocycles. The van der Waals surface area contributed by atoms with Crippen LogP contribution in [0.3, 0.4) is 0 Å². The van der Waals surface area contributed by atoms with Crippen molar-refractivity contribution >= 4 is 5.97 Å². The third-order valence-corrected chi connectivity index (χ3v) is 5.16. The van der Waals surface area contributed by atoms with E-state index in [1.165, 1.54) is 0 Å². The molecule has 5 atom stereocenters. The zero-order valence-corrected chi connectivity index (χ0v) is 14.8. The second-order valence-electron chi connectivity index (χ2n) is 7.12. The van der Waals surface area contributed by atoms with E-state index >= 15 is 0 Å². The summed E-state index contributed by atoms with van der Waals surface area (Å²) in [5, 5.41) is 20.5. The maximum absolute atomic E-state index is 12.0. The number of aliphatic hydroxyl groups excluding tert-OH is 2. The Morgan fingerprint density at radius 2 is 2.21 bits per heavy atom. The SMILES string of the molecule is CCCCC[C@H](O)/C=C/[C@@H]1[C@@H]2C/C=C\CCCC(=O)O[C@@H]1C[C@@H]2O. The van der Waals surface area contributed by atoms with Crippen molar-refractivity contribution in [3.05, 3.63) is 24.3 Å². The largest absolute Gasteiger partial charge is 0.462 e. The number of carbonyl (C=O) groups is 1. The number of esters is 1. The normalized spacial score (nSPS) is 33.9. The summed E-state index contributed by atoms with van der Waals surface area (Å²) in [4.78, 5) is 12.0. The molecule has 4 heteroatoms. The van der Waals surface area contributed by atoms with Crippen molar-refractivity contribution in [3.63, 3.8) is 0 Å². The summed E-state index contributed by atoms with van der Waals surface area (Å²) < 4.78 is 5.63. The second-order valence-corrected chi connectivity index (χ2v) is 7.12. The fourth-order valence-electron chi connectivity index (χ4n) is 3.73. The Balaban J connectivity index is 2.04. The van der Waals surface area contributed by atoms with Gasteiger partial charge >= 0.3 is 5.97 Å². The van der Waals surface area contributed by atoms with Crippen LogP contribution in [0.25, 0.3) is 0 Å². The fraction of sp³-hybridized carbons (Fsp3) is 0.750. The van der Waals surface area contributed by atoms with Crippen molar-refractivity contribution in [2.45, 2.75) is 83.0 Å². The lowest BCUT2D eigenvalue weighted by molar-refractivity contribution is -0.150. The number of ether oxygens (including phenoxy) is 1. The third-order valence-electron chi connectivity index (χ3n) is 5.16. The van der Waals surface area contributed by atoms with Crippen LogP contribution in [-0.4, -0.2) is 34.5 Å². The zero-order valence-electron chi connectivity index (χ0n) is 14.8. The topological polar surface area (TPSA) is 66.8 Å². The molecule has 2 N–H and O–H groups in total. The molecule has 2 rings (SSSR count). The van der Waals surface area contributed by atoms with E-state index in [1.54, 1.807) is 0 Å². The van der Waals surface area contributed by atoms with Crippen LogP contribution in [0.2, 0.25) is 0 Å². The van der Waals surface area contributed by atoms with Crippen molar-refractivity contribution in [1.29, 1.82) is 0 Å². The molecule has 136 valence electrons. The first kappa shape index (κ1) is 19.2. The summed E-state index contributed by atoms with van der Waals surface area (Å²) >= 11 is 0. The maximum Gasteiger partial charge on any atom is 0.306 e. The van der Waals surface area contributed by atoms with Gasteiger partial charge in [-0.15, -0.1) is 0 Å². The molecule has 1 saturated carbocycles. The van der Waals surface area contributed by atoms with E-state index in [2.05, 4.69) is 19.1 Å². The molecule has 2 bridgehead atoms. The fourth-order valence-corrected chi connectivity index (χ4v) is 3.73. The van der Waals surface area contributed by atoms with Crippen molar-refractivity contribution in [1.82, 2.24) is 0 Å². The molecule has 4 nitrogen and oxygen atoms in total. The quantitative estimate of drug-likeness (QED) is 0.442. The number of hydrogen-bond acceptors (Lipinski definition) is 4. The van der Waals surface area contributed by atoms with Gasteiger partial charge in [0.1, 0.15) is 6.10 Å². The van der Waals surface area contributed by atoms with E-state index in [-0.39, 0.29) is 23.9 Å². The molecule has 0 aromatic heterocycles. The molecule has 1 fully saturated rings. The van der Waals surface area contributed by atoms with Crippen molar-refractivity contribution in [3.8, 4) is 0 Å². The van der Waals surface area contributed by atoms with Gasteiger partial charge in [-0.05, 0) is 31.6 Å². The smallest absolute Gasteiger partial charge is 0.306 e. The van der Waals surface area contributed by atoms with Crippen LogP contribution in [0.5, 0.6) is 0 Å². The minimum atomic E-state index is -0.461. The van der Waals surface area contributed by atoms with Gasteiger partial charge in [0.05, 0.1) is 12.2 Å². The minimum Gasteiger partial charge on any atom is -0.462 e. The van der Waals surface area contributed by atoms with Gasteiger partial charge < -0.3 is 14.9 Å². The van der Waals surface area contributed by atoms with E-state index in [9.17, 15) is 15.0 Å². The molecule has 0 aromatic carbocycles. The average molecular weight is 336 g/mol. The molecule has 1 aliphatic heterocycles. The molecule has 0 saturated heterocycles. The number of carbonyl (C=O) groups excluding carboxylic acids is 1. The van der Waals surface area contributed by atoms with Crippen LogP contribution in [0, 0.1) is 11.8 Å². The maximum atomic E-state index is 12.0. The van der Waals surface area contributed by atoms with Gasteiger partial charge in [-0.25, -0.2) is 0 Å². The van der Waals surface area contributed by atoms with Gasteiger partial charge in [0.25, 0.3) is 0 Å². The van der Waals surface area contributed by atoms with Crippen LogP contribution >= 0.6 is 0 Å². The molecule has 0 radical (unpaired) electrons. The highest BCUT2D eigenvalue weighted by atomic mass is 16.5. The van der Waals surface area contributed by atoms with Crippen molar-refractivity contribution in [2.24, 2.45) is 11.8 Å². The van der Waals surface area contributed by atoms with E-state index in [0.717, 1.165) is 44.9 Å². The van der Waals surface area contributed by atoms with Gasteiger partial charge in [-0.2, -0.15) is 0 Å². The van der Waals surface area contributed by atoms with Gasteiger partial charge in [0.2, 0.25) is 0 Å². The van der Waals surface area contributed by atoms with E-state index in [4.69, 9.17) is 4.74 Å². The Morgan fingerprint density at radius 3 is 3.00 bits per heavy atom. The van der Waals surface area contributed by atoms with E-state index < -0.39 is 12.2 Å². The molecule has 0 spiro atoms. The molecular formula is C20H32O4. The summed E-state index contributed by atoms with van der Waals surface area (Å²) in [7, 11) is 0. The number of rotatable bonds is 6. The predicted octanol–water partition coefficient (Wildman–Crippen LogP) is 3.52. The van der Waals surface area contributed by atoms with Crippen LogP contribution in [0.15, 0.2) is 24.3 Å². The average Bonchev–Trinajstić information content (AvgIpc) is 2.81. The summed E-state index contributed by atoms with van der Waals surface area (Å²) in [5.74, 6) is -0.145. The Morgan fingerprint density at radius 1 is 1.38 bits per heavy atom. The molecule has 24 heavy (non-hydrogen) atoms. The second kappa shape index (κ2) is 10.00. The summed E-state index contributed by atoms with van der Waals surface area (Å²) in [6, 6.07) is 0. The highest BCUT2D eigenvalue weighted by Gasteiger charge is 2.42. The Hall–Kier alpha value is -1.13. The predicted molar refractivity (Wildman–Crippen MR) is 94.4 cm³/mol. The number of allylic oxidation sites excluding steroid dienone is 2. The lowest BCUT2D eigenvalue weighted by atomic mass is 9.89. The van der Waals surface area contributed by atoms with Crippen LogP contribution < -0.4 is 0 Å². The highest BCUT2D eigenvalue weighted by Crippen LogP contribution is 2.38. The van der Waals surface area contributed by atoms with Crippen LogP contribution in [0.4, 0.5) is 0 Å². The first-order valence-corrected chi connectivity index (χ1v) is 9.50. The van der Waals surface area contributed by atoms with E-state index in [1.807, 2.05) is 12.2 Å². The van der Waals surface area contributed by atoms with Gasteiger partial charge in [-0.1, -0.05) is 50.5 Å². The van der Waals surface area contributed by atoms with Crippen LogP contribution in [0.1, 0.15) is 64.7 Å².